The van der Waals surface area contributed by atoms with E-state index in [1.54, 1.807) is 0 Å². The van der Waals surface area contributed by atoms with Crippen LogP contribution in [0.3, 0.4) is 0 Å². The van der Waals surface area contributed by atoms with Crippen LogP contribution in [-0.2, 0) is 5.75 Å². The summed E-state index contributed by atoms with van der Waals surface area (Å²) in [5, 5.41) is 8.73. The van der Waals surface area contributed by atoms with Crippen molar-refractivity contribution in [1.29, 1.82) is 5.26 Å². The lowest BCUT2D eigenvalue weighted by molar-refractivity contribution is 0.814. The molecule has 15 heavy (non-hydrogen) atoms. The second-order valence-corrected chi connectivity index (χ2v) is 4.47. The third kappa shape index (κ3) is 4.87. The molecule has 2 nitrogen and oxygen atoms in total. The summed E-state index contributed by atoms with van der Waals surface area (Å²) in [5.74, 6) is 2.13. The summed E-state index contributed by atoms with van der Waals surface area (Å²) in [5.41, 5.74) is 7.39. The van der Waals surface area contributed by atoms with E-state index in [0.29, 0.717) is 0 Å². The summed E-state index contributed by atoms with van der Waals surface area (Å²) >= 11 is 1.90. The average molecular weight is 220 g/mol. The van der Waals surface area contributed by atoms with Gasteiger partial charge >= 0.3 is 0 Å². The molecule has 0 fully saturated rings. The molecule has 0 aliphatic carbocycles. The Labute approximate surface area is 95.5 Å². The molecule has 0 amide bonds. The van der Waals surface area contributed by atoms with Gasteiger partial charge in [0.1, 0.15) is 0 Å². The van der Waals surface area contributed by atoms with E-state index in [1.165, 1.54) is 12.0 Å². The van der Waals surface area contributed by atoms with Crippen LogP contribution in [0.5, 0.6) is 0 Å². The van der Waals surface area contributed by atoms with Gasteiger partial charge in [0.25, 0.3) is 0 Å². The molecule has 1 aromatic carbocycles. The maximum absolute atomic E-state index is 8.73. The van der Waals surface area contributed by atoms with Crippen LogP contribution in [-0.4, -0.2) is 12.3 Å². The van der Waals surface area contributed by atoms with Crippen molar-refractivity contribution in [3.63, 3.8) is 0 Å². The van der Waals surface area contributed by atoms with E-state index < -0.39 is 0 Å². The van der Waals surface area contributed by atoms with Gasteiger partial charge in [0, 0.05) is 5.75 Å². The molecular weight excluding hydrogens is 204 g/mol. The molecule has 0 radical (unpaired) electrons. The van der Waals surface area contributed by atoms with Crippen molar-refractivity contribution < 1.29 is 0 Å². The van der Waals surface area contributed by atoms with E-state index in [2.05, 4.69) is 12.1 Å². The van der Waals surface area contributed by atoms with E-state index >= 15 is 0 Å². The lowest BCUT2D eigenvalue weighted by Crippen LogP contribution is -1.98. The predicted molar refractivity (Wildman–Crippen MR) is 65.6 cm³/mol. The molecule has 0 aliphatic rings. The molecule has 0 heterocycles. The highest BCUT2D eigenvalue weighted by molar-refractivity contribution is 7.98. The van der Waals surface area contributed by atoms with E-state index in [0.717, 1.165) is 30.0 Å². The Hall–Kier alpha value is -0.980. The number of benzene rings is 1. The van der Waals surface area contributed by atoms with Gasteiger partial charge in [0.05, 0.1) is 11.6 Å². The van der Waals surface area contributed by atoms with Gasteiger partial charge in [-0.1, -0.05) is 12.1 Å². The molecule has 1 aromatic rings. The first-order valence-corrected chi connectivity index (χ1v) is 6.29. The standard InChI is InChI=1S/C12H16N2S/c13-6-1-2-7-15-10-12-5-3-4-11(8-12)9-14/h3-5,8H,1-2,6-7,10,13H2. The van der Waals surface area contributed by atoms with E-state index in [-0.39, 0.29) is 0 Å². The molecule has 3 heteroatoms. The molecule has 0 aromatic heterocycles. The number of hydrogen-bond donors (Lipinski definition) is 1. The molecular formula is C12H16N2S. The van der Waals surface area contributed by atoms with Gasteiger partial charge in [-0.25, -0.2) is 0 Å². The largest absolute Gasteiger partial charge is 0.330 e. The molecule has 0 unspecified atom stereocenters. The van der Waals surface area contributed by atoms with Crippen molar-refractivity contribution in [3.05, 3.63) is 35.4 Å². The Balaban J connectivity index is 2.28. The Morgan fingerprint density at radius 3 is 2.93 bits per heavy atom. The van der Waals surface area contributed by atoms with E-state index in [4.69, 9.17) is 11.0 Å². The smallest absolute Gasteiger partial charge is 0.0991 e. The molecule has 0 atom stereocenters. The first-order chi connectivity index (χ1) is 7.36. The van der Waals surface area contributed by atoms with Crippen molar-refractivity contribution in [1.82, 2.24) is 0 Å². The minimum absolute atomic E-state index is 0.745. The summed E-state index contributed by atoms with van der Waals surface area (Å²) in [6.07, 6.45) is 2.28. The Morgan fingerprint density at radius 2 is 2.20 bits per heavy atom. The fourth-order valence-electron chi connectivity index (χ4n) is 1.27. The summed E-state index contributed by atoms with van der Waals surface area (Å²) in [4.78, 5) is 0. The second kappa shape index (κ2) is 7.33. The van der Waals surface area contributed by atoms with Crippen molar-refractivity contribution >= 4 is 11.8 Å². The molecule has 1 rings (SSSR count). The Morgan fingerprint density at radius 1 is 1.33 bits per heavy atom. The van der Waals surface area contributed by atoms with E-state index in [9.17, 15) is 0 Å². The predicted octanol–water partition coefficient (Wildman–Crippen LogP) is 2.53. The van der Waals surface area contributed by atoms with Crippen LogP contribution in [0.2, 0.25) is 0 Å². The molecule has 0 spiro atoms. The summed E-state index contributed by atoms with van der Waals surface area (Å²) in [6, 6.07) is 9.95. The van der Waals surface area contributed by atoms with Gasteiger partial charge in [-0.05, 0) is 42.8 Å². The van der Waals surface area contributed by atoms with Crippen LogP contribution >= 0.6 is 11.8 Å². The first kappa shape index (κ1) is 12.1. The number of hydrogen-bond acceptors (Lipinski definition) is 3. The van der Waals surface area contributed by atoms with Crippen LogP contribution < -0.4 is 5.73 Å². The van der Waals surface area contributed by atoms with Crippen LogP contribution in [0.1, 0.15) is 24.0 Å². The van der Waals surface area contributed by atoms with Crippen molar-refractivity contribution in [2.45, 2.75) is 18.6 Å². The third-order valence-corrected chi connectivity index (χ3v) is 3.18. The van der Waals surface area contributed by atoms with Gasteiger partial charge in [0.2, 0.25) is 0 Å². The quantitative estimate of drug-likeness (QED) is 0.749. The highest BCUT2D eigenvalue weighted by atomic mass is 32.2. The lowest BCUT2D eigenvalue weighted by atomic mass is 10.2. The summed E-state index contributed by atoms with van der Waals surface area (Å²) in [7, 11) is 0. The zero-order valence-corrected chi connectivity index (χ0v) is 9.59. The fourth-order valence-corrected chi connectivity index (χ4v) is 2.24. The maximum Gasteiger partial charge on any atom is 0.0991 e. The fraction of sp³-hybridized carbons (Fsp3) is 0.417. The number of thioether (sulfide) groups is 1. The molecule has 0 saturated heterocycles. The van der Waals surface area contributed by atoms with Crippen LogP contribution in [0, 0.1) is 11.3 Å². The van der Waals surface area contributed by atoms with Gasteiger partial charge in [0.15, 0.2) is 0 Å². The van der Waals surface area contributed by atoms with Crippen molar-refractivity contribution in [2.24, 2.45) is 5.73 Å². The first-order valence-electron chi connectivity index (χ1n) is 5.13. The van der Waals surface area contributed by atoms with Gasteiger partial charge in [-0.3, -0.25) is 0 Å². The second-order valence-electron chi connectivity index (χ2n) is 3.36. The Bertz CT molecular complexity index is 331. The topological polar surface area (TPSA) is 49.8 Å². The summed E-state index contributed by atoms with van der Waals surface area (Å²) < 4.78 is 0. The third-order valence-electron chi connectivity index (χ3n) is 2.07. The number of nitriles is 1. The minimum atomic E-state index is 0.745. The maximum atomic E-state index is 8.73. The average Bonchev–Trinajstić information content (AvgIpc) is 2.29. The molecule has 2 N–H and O–H groups in total. The van der Waals surface area contributed by atoms with Gasteiger partial charge in [-0.2, -0.15) is 17.0 Å². The monoisotopic (exact) mass is 220 g/mol. The SMILES string of the molecule is N#Cc1cccc(CSCCCCN)c1. The number of nitrogens with two attached hydrogens (primary N) is 1. The minimum Gasteiger partial charge on any atom is -0.330 e. The van der Waals surface area contributed by atoms with Crippen molar-refractivity contribution in [2.75, 3.05) is 12.3 Å². The Kier molecular flexibility index (Phi) is 5.91. The summed E-state index contributed by atoms with van der Waals surface area (Å²) in [6.45, 7) is 0.782. The highest BCUT2D eigenvalue weighted by Gasteiger charge is 1.95. The zero-order valence-electron chi connectivity index (χ0n) is 8.78. The number of nitrogens with zero attached hydrogens (tertiary/aromatic N) is 1. The molecule has 0 saturated carbocycles. The van der Waals surface area contributed by atoms with Gasteiger partial charge < -0.3 is 5.73 Å². The number of rotatable bonds is 6. The molecule has 0 aliphatic heterocycles. The molecule has 0 bridgehead atoms. The lowest BCUT2D eigenvalue weighted by Gasteiger charge is -2.01. The van der Waals surface area contributed by atoms with Crippen LogP contribution in [0.25, 0.3) is 0 Å². The van der Waals surface area contributed by atoms with Gasteiger partial charge in [-0.15, -0.1) is 0 Å². The normalized spacial score (nSPS) is 9.87. The van der Waals surface area contributed by atoms with Crippen LogP contribution in [0.15, 0.2) is 24.3 Å². The van der Waals surface area contributed by atoms with E-state index in [1.807, 2.05) is 30.0 Å². The number of unbranched alkanes of at least 4 members (excludes halogenated alkanes) is 1. The zero-order chi connectivity index (χ0) is 10.9. The highest BCUT2D eigenvalue weighted by Crippen LogP contribution is 2.14. The molecule has 80 valence electrons. The van der Waals surface area contributed by atoms with Crippen LogP contribution in [0.4, 0.5) is 0 Å². The van der Waals surface area contributed by atoms with Crippen molar-refractivity contribution in [3.8, 4) is 6.07 Å².